The third kappa shape index (κ3) is 5.49. The van der Waals surface area contributed by atoms with Gasteiger partial charge in [-0.3, -0.25) is 14.6 Å². The molecule has 1 aromatic rings. The number of nitrogens with one attached hydrogen (secondary N) is 1. The number of rotatable bonds is 8. The van der Waals surface area contributed by atoms with Crippen molar-refractivity contribution in [3.63, 3.8) is 0 Å². The number of benzene rings is 1. The molecule has 1 aromatic carbocycles. The van der Waals surface area contributed by atoms with Crippen molar-refractivity contribution < 1.29 is 23.1 Å². The Balaban J connectivity index is 1.16. The molecule has 0 spiro atoms. The average Bonchev–Trinajstić information content (AvgIpc) is 3.68. The molecule has 222 valence electrons. The van der Waals surface area contributed by atoms with Gasteiger partial charge < -0.3 is 19.9 Å². The molecule has 5 aliphatic heterocycles. The van der Waals surface area contributed by atoms with Crippen molar-refractivity contribution in [1.82, 2.24) is 20.1 Å². The molecule has 9 nitrogen and oxygen atoms in total. The molecule has 6 rings (SSSR count). The molecular formula is C31H36F2N6O3. The molecule has 11 heteroatoms. The number of likely N-dealkylation sites (tertiary alicyclic amines) is 1. The Morgan fingerprint density at radius 2 is 1.95 bits per heavy atom. The van der Waals surface area contributed by atoms with Gasteiger partial charge in [0.15, 0.2) is 18.3 Å². The van der Waals surface area contributed by atoms with E-state index in [0.717, 1.165) is 5.84 Å². The van der Waals surface area contributed by atoms with Crippen LogP contribution in [0.1, 0.15) is 45.2 Å². The average molecular weight is 579 g/mol. The summed E-state index contributed by atoms with van der Waals surface area (Å²) in [5.41, 5.74) is 1.08. The Labute approximate surface area is 244 Å². The summed E-state index contributed by atoms with van der Waals surface area (Å²) in [7, 11) is 0. The Kier molecular flexibility index (Phi) is 7.46. The summed E-state index contributed by atoms with van der Waals surface area (Å²) in [6.45, 7) is 5.44. The molecule has 2 saturated heterocycles. The van der Waals surface area contributed by atoms with Crippen molar-refractivity contribution in [3.8, 4) is 0 Å². The van der Waals surface area contributed by atoms with Crippen LogP contribution in [0.2, 0.25) is 0 Å². The van der Waals surface area contributed by atoms with E-state index in [2.05, 4.69) is 15.4 Å². The van der Waals surface area contributed by atoms with E-state index < -0.39 is 35.9 Å². The highest BCUT2D eigenvalue weighted by Crippen LogP contribution is 2.37. The topological polar surface area (TPSA) is 93.1 Å². The summed E-state index contributed by atoms with van der Waals surface area (Å²) in [5.74, 6) is -2.33. The largest absolute Gasteiger partial charge is 0.342 e. The standard InChI is InChI=1S/C31H36F2N6O3/c1-19(2)22-12-13-23(35-31(22,3)33)27(20-9-5-4-6-10-20)34-28(41)24-17-21(32)18-38(24)26(40)14-16-39-30-29(42-30)37-15-8-7-11-25(37)36-39/h4-13,15,19,21-22,24,27,29-30H,14,16-18H2,1-3H3,(H,34,41)/t21-,22?,24+,27+,29?,30?,31?/m1/s1. The zero-order valence-electron chi connectivity index (χ0n) is 23.9. The summed E-state index contributed by atoms with van der Waals surface area (Å²) in [6, 6.07) is 7.40. The lowest BCUT2D eigenvalue weighted by molar-refractivity contribution is -0.139. The van der Waals surface area contributed by atoms with Crippen molar-refractivity contribution >= 4 is 23.4 Å². The van der Waals surface area contributed by atoms with Crippen LogP contribution in [0, 0.1) is 11.8 Å². The molecule has 2 fully saturated rings. The first-order valence-corrected chi connectivity index (χ1v) is 14.5. The van der Waals surface area contributed by atoms with E-state index in [9.17, 15) is 14.0 Å². The number of hydrogen-bond acceptors (Lipinski definition) is 7. The number of epoxide rings is 1. The second kappa shape index (κ2) is 11.1. The number of amides is 2. The van der Waals surface area contributed by atoms with E-state index in [-0.39, 0.29) is 50.2 Å². The van der Waals surface area contributed by atoms with Crippen LogP contribution in [-0.4, -0.2) is 81.7 Å². The number of hydrogen-bond donors (Lipinski definition) is 1. The molecule has 0 aliphatic carbocycles. The van der Waals surface area contributed by atoms with Gasteiger partial charge in [-0.2, -0.15) is 5.10 Å². The first-order chi connectivity index (χ1) is 20.1. The van der Waals surface area contributed by atoms with Crippen LogP contribution < -0.4 is 5.32 Å². The molecule has 0 aromatic heterocycles. The van der Waals surface area contributed by atoms with Gasteiger partial charge in [-0.1, -0.05) is 56.3 Å². The zero-order valence-corrected chi connectivity index (χ0v) is 23.9. The molecule has 42 heavy (non-hydrogen) atoms. The Morgan fingerprint density at radius 3 is 2.69 bits per heavy atom. The van der Waals surface area contributed by atoms with Crippen LogP contribution >= 0.6 is 0 Å². The molecule has 0 saturated carbocycles. The first kappa shape index (κ1) is 28.3. The van der Waals surface area contributed by atoms with Crippen molar-refractivity contribution in [1.29, 1.82) is 0 Å². The molecule has 5 heterocycles. The SMILES string of the molecule is CC(C)C1C=CC([C@@H](NC(=O)[C@@H]2C[C@@H](F)CN2C(=O)CCN2N=C3C=CC=CN3C3OC32)c2ccccc2)=NC1(C)F. The van der Waals surface area contributed by atoms with E-state index in [4.69, 9.17) is 4.74 Å². The minimum Gasteiger partial charge on any atom is -0.342 e. The van der Waals surface area contributed by atoms with E-state index >= 15 is 4.39 Å². The molecule has 5 aliphatic rings. The van der Waals surface area contributed by atoms with Crippen molar-refractivity contribution in [2.75, 3.05) is 13.1 Å². The van der Waals surface area contributed by atoms with Gasteiger partial charge in [0, 0.05) is 31.5 Å². The lowest BCUT2D eigenvalue weighted by Crippen LogP contribution is -2.49. The molecule has 2 amide bonds. The minimum absolute atomic E-state index is 0.0365. The molecule has 4 unspecified atom stereocenters. The highest BCUT2D eigenvalue weighted by molar-refractivity contribution is 6.03. The lowest BCUT2D eigenvalue weighted by Gasteiger charge is -2.34. The maximum atomic E-state index is 15.6. The normalized spacial score (nSPS) is 31.9. The van der Waals surface area contributed by atoms with Gasteiger partial charge in [0.05, 0.1) is 18.3 Å². The summed E-state index contributed by atoms with van der Waals surface area (Å²) in [4.78, 5) is 34.7. The van der Waals surface area contributed by atoms with Gasteiger partial charge in [-0.25, -0.2) is 13.8 Å². The highest BCUT2D eigenvalue weighted by Gasteiger charge is 2.52. The molecule has 0 bridgehead atoms. The number of carbonyl (C=O) groups excluding carboxylic acids is 2. The Hall–Kier alpha value is -3.86. The van der Waals surface area contributed by atoms with Gasteiger partial charge in [0.25, 0.3) is 0 Å². The van der Waals surface area contributed by atoms with E-state index in [1.165, 1.54) is 11.8 Å². The lowest BCUT2D eigenvalue weighted by atomic mass is 9.84. The van der Waals surface area contributed by atoms with Crippen LogP contribution in [0.4, 0.5) is 8.78 Å². The number of ether oxygens (including phenoxy) is 1. The Morgan fingerprint density at radius 1 is 1.17 bits per heavy atom. The number of fused-ring (bicyclic) bond motifs is 3. The van der Waals surface area contributed by atoms with Gasteiger partial charge in [-0.05, 0) is 36.6 Å². The van der Waals surface area contributed by atoms with Crippen LogP contribution in [0.3, 0.4) is 0 Å². The molecule has 7 atom stereocenters. The van der Waals surface area contributed by atoms with Gasteiger partial charge in [0.1, 0.15) is 12.2 Å². The quantitative estimate of drug-likeness (QED) is 0.374. The number of dihydropyridines is 1. The molecular weight excluding hydrogens is 542 g/mol. The van der Waals surface area contributed by atoms with Crippen LogP contribution in [0.5, 0.6) is 0 Å². The number of allylic oxidation sites excluding steroid dienone is 2. The number of hydrazone groups is 1. The van der Waals surface area contributed by atoms with Crippen molar-refractivity contribution in [2.45, 2.75) is 70.1 Å². The number of halogens is 2. The number of amidine groups is 1. The fourth-order valence-electron chi connectivity index (χ4n) is 6.24. The predicted molar refractivity (Wildman–Crippen MR) is 154 cm³/mol. The minimum atomic E-state index is -1.85. The maximum absolute atomic E-state index is 15.6. The second-order valence-corrected chi connectivity index (χ2v) is 11.8. The fourth-order valence-corrected chi connectivity index (χ4v) is 6.24. The van der Waals surface area contributed by atoms with Crippen molar-refractivity contribution in [2.24, 2.45) is 21.9 Å². The number of nitrogens with zero attached hydrogens (tertiary/aromatic N) is 5. The second-order valence-electron chi connectivity index (χ2n) is 11.8. The van der Waals surface area contributed by atoms with E-state index in [1.807, 2.05) is 73.5 Å². The van der Waals surface area contributed by atoms with E-state index in [1.54, 1.807) is 17.2 Å². The van der Waals surface area contributed by atoms with Gasteiger partial charge in [-0.15, -0.1) is 0 Å². The van der Waals surface area contributed by atoms with Crippen LogP contribution in [0.25, 0.3) is 0 Å². The van der Waals surface area contributed by atoms with Gasteiger partial charge >= 0.3 is 0 Å². The van der Waals surface area contributed by atoms with Crippen LogP contribution in [0.15, 0.2) is 77.0 Å². The monoisotopic (exact) mass is 578 g/mol. The first-order valence-electron chi connectivity index (χ1n) is 14.5. The molecule has 0 radical (unpaired) electrons. The summed E-state index contributed by atoms with van der Waals surface area (Å²) >= 11 is 0. The highest BCUT2D eigenvalue weighted by atomic mass is 19.1. The summed E-state index contributed by atoms with van der Waals surface area (Å²) < 4.78 is 36.1. The smallest absolute Gasteiger partial charge is 0.243 e. The number of alkyl halides is 2. The molecule has 1 N–H and O–H groups in total. The third-order valence-corrected chi connectivity index (χ3v) is 8.40. The third-order valence-electron chi connectivity index (χ3n) is 8.40. The van der Waals surface area contributed by atoms with E-state index in [0.29, 0.717) is 11.3 Å². The summed E-state index contributed by atoms with van der Waals surface area (Å²) in [6.07, 6.45) is 9.31. The summed E-state index contributed by atoms with van der Waals surface area (Å²) in [5, 5.41) is 9.28. The number of carbonyl (C=O) groups is 2. The maximum Gasteiger partial charge on any atom is 0.243 e. The Bertz CT molecular complexity index is 1370. The fraction of sp³-hybridized carbons (Fsp3) is 0.484. The van der Waals surface area contributed by atoms with Crippen LogP contribution in [-0.2, 0) is 14.3 Å². The van der Waals surface area contributed by atoms with Crippen molar-refractivity contribution in [3.05, 3.63) is 72.5 Å². The van der Waals surface area contributed by atoms with Gasteiger partial charge in [0.2, 0.25) is 17.6 Å². The number of aliphatic imine (C=N–C) groups is 1. The predicted octanol–water partition coefficient (Wildman–Crippen LogP) is 3.84. The zero-order chi connectivity index (χ0) is 29.6.